The number of nitrogens with zero attached hydrogens (tertiary/aromatic N) is 2. The number of ether oxygens (including phenoxy) is 1. The van der Waals surface area contributed by atoms with Crippen LogP contribution in [0.2, 0.25) is 5.02 Å². The summed E-state index contributed by atoms with van der Waals surface area (Å²) < 4.78 is 31.9. The molecule has 2 amide bonds. The quantitative estimate of drug-likeness (QED) is 0.506. The number of benzene rings is 2. The van der Waals surface area contributed by atoms with Crippen LogP contribution in [0, 0.1) is 6.92 Å². The van der Waals surface area contributed by atoms with Crippen molar-refractivity contribution < 1.29 is 27.5 Å². The number of hydrogen-bond donors (Lipinski definition) is 1. The van der Waals surface area contributed by atoms with Gasteiger partial charge in [-0.1, -0.05) is 47.5 Å². The molecule has 0 saturated carbocycles. The Morgan fingerprint density at radius 1 is 0.971 bits per heavy atom. The lowest BCUT2D eigenvalue weighted by atomic mass is 10.2. The van der Waals surface area contributed by atoms with Crippen LogP contribution < -0.4 is 5.32 Å². The van der Waals surface area contributed by atoms with E-state index < -0.39 is 28.5 Å². The third kappa shape index (κ3) is 7.51. The number of rotatable bonds is 9. The molecule has 11 heteroatoms. The monoisotopic (exact) mass is 521 g/mol. The van der Waals surface area contributed by atoms with Gasteiger partial charge in [0.25, 0.3) is 5.91 Å². The van der Waals surface area contributed by atoms with Crippen LogP contribution >= 0.6 is 11.6 Å². The van der Waals surface area contributed by atoms with Crippen molar-refractivity contribution >= 4 is 39.4 Å². The SMILES string of the molecule is Cc1ccc(S(=O)(=O)N2CCN(C(=O)CCC(=O)OCC(=O)NCc3ccccc3Cl)CC2)cc1. The first-order chi connectivity index (χ1) is 16.7. The molecule has 0 bridgehead atoms. The summed E-state index contributed by atoms with van der Waals surface area (Å²) in [5, 5.41) is 3.14. The first-order valence-corrected chi connectivity index (χ1v) is 13.0. The van der Waals surface area contributed by atoms with Crippen molar-refractivity contribution in [2.24, 2.45) is 0 Å². The van der Waals surface area contributed by atoms with E-state index in [0.717, 1.165) is 11.1 Å². The zero-order valence-corrected chi connectivity index (χ0v) is 21.0. The van der Waals surface area contributed by atoms with Crippen molar-refractivity contribution in [3.8, 4) is 0 Å². The van der Waals surface area contributed by atoms with Gasteiger partial charge in [0, 0.05) is 44.2 Å². The Morgan fingerprint density at radius 2 is 1.63 bits per heavy atom. The molecule has 1 N–H and O–H groups in total. The summed E-state index contributed by atoms with van der Waals surface area (Å²) in [5.74, 6) is -1.40. The van der Waals surface area contributed by atoms with Gasteiger partial charge in [0.15, 0.2) is 6.61 Å². The molecule has 3 rings (SSSR count). The summed E-state index contributed by atoms with van der Waals surface area (Å²) in [6.07, 6.45) is -0.247. The predicted molar refractivity (Wildman–Crippen MR) is 130 cm³/mol. The van der Waals surface area contributed by atoms with Gasteiger partial charge in [0.2, 0.25) is 15.9 Å². The van der Waals surface area contributed by atoms with E-state index in [4.69, 9.17) is 16.3 Å². The number of nitrogens with one attached hydrogen (secondary N) is 1. The third-order valence-corrected chi connectivity index (χ3v) is 7.87. The second-order valence-electron chi connectivity index (χ2n) is 8.13. The predicted octanol–water partition coefficient (Wildman–Crippen LogP) is 2.12. The van der Waals surface area contributed by atoms with Gasteiger partial charge in [0.05, 0.1) is 11.3 Å². The molecule has 1 saturated heterocycles. The number of hydrogen-bond acceptors (Lipinski definition) is 6. The van der Waals surface area contributed by atoms with Crippen LogP contribution in [0.25, 0.3) is 0 Å². The molecule has 0 aliphatic carbocycles. The Morgan fingerprint density at radius 3 is 2.29 bits per heavy atom. The minimum absolute atomic E-state index is 0.0786. The highest BCUT2D eigenvalue weighted by Crippen LogP contribution is 2.19. The zero-order valence-electron chi connectivity index (χ0n) is 19.4. The molecule has 0 radical (unpaired) electrons. The Bertz CT molecular complexity index is 1160. The molecule has 0 spiro atoms. The number of carbonyl (C=O) groups is 3. The number of halogens is 1. The summed E-state index contributed by atoms with van der Waals surface area (Å²) in [4.78, 5) is 38.0. The molecule has 0 aromatic heterocycles. The highest BCUT2D eigenvalue weighted by molar-refractivity contribution is 7.89. The second-order valence-corrected chi connectivity index (χ2v) is 10.5. The number of esters is 1. The van der Waals surface area contributed by atoms with E-state index in [1.165, 1.54) is 9.21 Å². The van der Waals surface area contributed by atoms with Gasteiger partial charge < -0.3 is 15.0 Å². The van der Waals surface area contributed by atoms with E-state index in [9.17, 15) is 22.8 Å². The van der Waals surface area contributed by atoms with Crippen LogP contribution in [0.5, 0.6) is 0 Å². The summed E-state index contributed by atoms with van der Waals surface area (Å²) in [6.45, 7) is 2.48. The fourth-order valence-corrected chi connectivity index (χ4v) is 5.13. The molecule has 1 fully saturated rings. The first-order valence-electron chi connectivity index (χ1n) is 11.2. The van der Waals surface area contributed by atoms with Gasteiger partial charge >= 0.3 is 5.97 Å². The van der Waals surface area contributed by atoms with Crippen LogP contribution in [0.3, 0.4) is 0 Å². The van der Waals surface area contributed by atoms with E-state index in [-0.39, 0.29) is 56.4 Å². The summed E-state index contributed by atoms with van der Waals surface area (Å²) in [6, 6.07) is 13.7. The summed E-state index contributed by atoms with van der Waals surface area (Å²) in [7, 11) is -3.62. The van der Waals surface area contributed by atoms with Crippen molar-refractivity contribution in [1.29, 1.82) is 0 Å². The Kier molecular flexibility index (Phi) is 9.25. The molecule has 2 aromatic rings. The van der Waals surface area contributed by atoms with E-state index in [0.29, 0.717) is 5.02 Å². The van der Waals surface area contributed by atoms with Gasteiger partial charge in [-0.05, 0) is 30.7 Å². The van der Waals surface area contributed by atoms with E-state index in [2.05, 4.69) is 5.32 Å². The molecular weight excluding hydrogens is 494 g/mol. The first kappa shape index (κ1) is 26.7. The molecule has 1 aliphatic rings. The number of carbonyl (C=O) groups excluding carboxylic acids is 3. The number of piperazine rings is 1. The maximum atomic E-state index is 12.8. The van der Waals surface area contributed by atoms with Crippen LogP contribution in [0.15, 0.2) is 53.4 Å². The summed E-state index contributed by atoms with van der Waals surface area (Å²) in [5.41, 5.74) is 1.71. The highest BCUT2D eigenvalue weighted by atomic mass is 35.5. The number of amides is 2. The molecule has 188 valence electrons. The average Bonchev–Trinajstić information content (AvgIpc) is 2.86. The lowest BCUT2D eigenvalue weighted by Crippen LogP contribution is -2.50. The topological polar surface area (TPSA) is 113 Å². The zero-order chi connectivity index (χ0) is 25.4. The standard InChI is InChI=1S/C24H28ClN3O6S/c1-18-6-8-20(9-7-18)35(32,33)28-14-12-27(13-15-28)23(30)10-11-24(31)34-17-22(29)26-16-19-4-2-3-5-21(19)25/h2-9H,10-17H2,1H3,(H,26,29). The molecule has 0 atom stereocenters. The van der Waals surface area contributed by atoms with E-state index in [1.807, 2.05) is 6.92 Å². The van der Waals surface area contributed by atoms with Crippen LogP contribution in [-0.2, 0) is 35.7 Å². The van der Waals surface area contributed by atoms with Gasteiger partial charge in [0.1, 0.15) is 0 Å². The Balaban J connectivity index is 1.36. The molecular formula is C24H28ClN3O6S. The fourth-order valence-electron chi connectivity index (χ4n) is 3.51. The van der Waals surface area contributed by atoms with Crippen molar-refractivity contribution in [2.75, 3.05) is 32.8 Å². The lowest BCUT2D eigenvalue weighted by Gasteiger charge is -2.34. The second kappa shape index (κ2) is 12.1. The van der Waals surface area contributed by atoms with Gasteiger partial charge in [-0.25, -0.2) is 8.42 Å². The van der Waals surface area contributed by atoms with Crippen LogP contribution in [0.1, 0.15) is 24.0 Å². The Labute approximate surface area is 210 Å². The van der Waals surface area contributed by atoms with Gasteiger partial charge in [-0.15, -0.1) is 0 Å². The van der Waals surface area contributed by atoms with Crippen molar-refractivity contribution in [2.45, 2.75) is 31.2 Å². The van der Waals surface area contributed by atoms with Crippen molar-refractivity contribution in [1.82, 2.24) is 14.5 Å². The van der Waals surface area contributed by atoms with Crippen LogP contribution in [-0.4, -0.2) is 68.2 Å². The van der Waals surface area contributed by atoms with E-state index in [1.54, 1.807) is 48.5 Å². The molecule has 0 unspecified atom stereocenters. The minimum atomic E-state index is -3.62. The number of sulfonamides is 1. The minimum Gasteiger partial charge on any atom is -0.456 e. The molecule has 9 nitrogen and oxygen atoms in total. The van der Waals surface area contributed by atoms with E-state index >= 15 is 0 Å². The molecule has 35 heavy (non-hydrogen) atoms. The highest BCUT2D eigenvalue weighted by Gasteiger charge is 2.30. The smallest absolute Gasteiger partial charge is 0.306 e. The largest absolute Gasteiger partial charge is 0.456 e. The maximum absolute atomic E-state index is 12.8. The lowest BCUT2D eigenvalue weighted by molar-refractivity contribution is -0.150. The molecule has 1 heterocycles. The maximum Gasteiger partial charge on any atom is 0.306 e. The summed E-state index contributed by atoms with van der Waals surface area (Å²) >= 11 is 6.03. The van der Waals surface area contributed by atoms with Crippen LogP contribution in [0.4, 0.5) is 0 Å². The normalized spacial score (nSPS) is 14.4. The fraction of sp³-hybridized carbons (Fsp3) is 0.375. The molecule has 2 aromatic carbocycles. The third-order valence-electron chi connectivity index (χ3n) is 5.59. The average molecular weight is 522 g/mol. The van der Waals surface area contributed by atoms with Gasteiger partial charge in [-0.3, -0.25) is 14.4 Å². The van der Waals surface area contributed by atoms with Crippen molar-refractivity contribution in [3.63, 3.8) is 0 Å². The Hall–Kier alpha value is -2.95. The molecule has 1 aliphatic heterocycles. The van der Waals surface area contributed by atoms with Gasteiger partial charge in [-0.2, -0.15) is 4.31 Å². The number of aryl methyl sites for hydroxylation is 1. The van der Waals surface area contributed by atoms with Crippen molar-refractivity contribution in [3.05, 3.63) is 64.7 Å².